The standard InChI is InChI=1S/C14H17N3O4S/c1-10(2)17-8-12(7-15-17)22(18,19)16-6-11-3-4-13-14(5-11)21-9-20-13/h3-5,7-8,10,16H,6,9H2,1-2H3. The Hall–Kier alpha value is -2.06. The number of aromatic nitrogens is 2. The first-order valence-corrected chi connectivity index (χ1v) is 8.36. The Bertz CT molecular complexity index is 783. The Morgan fingerprint density at radius 2 is 2.09 bits per heavy atom. The van der Waals surface area contributed by atoms with E-state index in [-0.39, 0.29) is 24.3 Å². The van der Waals surface area contributed by atoms with Gasteiger partial charge < -0.3 is 9.47 Å². The number of nitrogens with one attached hydrogen (secondary N) is 1. The number of benzene rings is 1. The number of ether oxygens (including phenoxy) is 2. The van der Waals surface area contributed by atoms with Gasteiger partial charge in [0.15, 0.2) is 11.5 Å². The average molecular weight is 323 g/mol. The van der Waals surface area contributed by atoms with Gasteiger partial charge in [0.05, 0.1) is 6.20 Å². The Kier molecular flexibility index (Phi) is 3.79. The Balaban J connectivity index is 1.71. The lowest BCUT2D eigenvalue weighted by Crippen LogP contribution is -2.22. The van der Waals surface area contributed by atoms with Gasteiger partial charge in [-0.3, -0.25) is 4.68 Å². The second-order valence-electron chi connectivity index (χ2n) is 5.26. The van der Waals surface area contributed by atoms with Crippen molar-refractivity contribution in [3.63, 3.8) is 0 Å². The van der Waals surface area contributed by atoms with E-state index in [1.807, 2.05) is 13.8 Å². The van der Waals surface area contributed by atoms with Gasteiger partial charge in [-0.05, 0) is 31.5 Å². The maximum absolute atomic E-state index is 12.3. The van der Waals surface area contributed by atoms with Crippen molar-refractivity contribution in [1.82, 2.24) is 14.5 Å². The molecule has 2 heterocycles. The van der Waals surface area contributed by atoms with Gasteiger partial charge in [0.1, 0.15) is 4.90 Å². The molecular weight excluding hydrogens is 306 g/mol. The summed E-state index contributed by atoms with van der Waals surface area (Å²) in [5.74, 6) is 1.30. The quantitative estimate of drug-likeness (QED) is 0.905. The zero-order valence-corrected chi connectivity index (χ0v) is 13.1. The fraction of sp³-hybridized carbons (Fsp3) is 0.357. The van der Waals surface area contributed by atoms with Gasteiger partial charge >= 0.3 is 0 Å². The maximum atomic E-state index is 12.3. The molecule has 1 aliphatic rings. The number of hydrogen-bond donors (Lipinski definition) is 1. The van der Waals surface area contributed by atoms with E-state index in [1.54, 1.807) is 22.9 Å². The molecule has 0 radical (unpaired) electrons. The van der Waals surface area contributed by atoms with Crippen LogP contribution in [0.2, 0.25) is 0 Å². The molecule has 7 nitrogen and oxygen atoms in total. The van der Waals surface area contributed by atoms with E-state index in [0.29, 0.717) is 11.5 Å². The van der Waals surface area contributed by atoms with Crippen molar-refractivity contribution in [3.8, 4) is 11.5 Å². The van der Waals surface area contributed by atoms with Gasteiger partial charge in [-0.2, -0.15) is 5.10 Å². The van der Waals surface area contributed by atoms with Gasteiger partial charge in [0, 0.05) is 18.8 Å². The van der Waals surface area contributed by atoms with Crippen molar-refractivity contribution in [2.75, 3.05) is 6.79 Å². The molecule has 0 saturated heterocycles. The molecule has 0 bridgehead atoms. The van der Waals surface area contributed by atoms with Gasteiger partial charge in [-0.15, -0.1) is 0 Å². The Morgan fingerprint density at radius 3 is 2.82 bits per heavy atom. The molecule has 8 heteroatoms. The predicted molar refractivity (Wildman–Crippen MR) is 79.2 cm³/mol. The van der Waals surface area contributed by atoms with Crippen molar-refractivity contribution < 1.29 is 17.9 Å². The van der Waals surface area contributed by atoms with Crippen LogP contribution in [-0.2, 0) is 16.6 Å². The zero-order chi connectivity index (χ0) is 15.7. The molecule has 0 fully saturated rings. The topological polar surface area (TPSA) is 82.5 Å². The Morgan fingerprint density at radius 1 is 1.32 bits per heavy atom. The lowest BCUT2D eigenvalue weighted by atomic mass is 10.2. The lowest BCUT2D eigenvalue weighted by molar-refractivity contribution is 0.174. The molecule has 0 amide bonds. The largest absolute Gasteiger partial charge is 0.454 e. The molecule has 1 aliphatic heterocycles. The molecule has 3 rings (SSSR count). The molecule has 0 unspecified atom stereocenters. The van der Waals surface area contributed by atoms with Crippen LogP contribution in [0.1, 0.15) is 25.5 Å². The second kappa shape index (κ2) is 5.62. The summed E-state index contributed by atoms with van der Waals surface area (Å²) in [4.78, 5) is 0.155. The van der Waals surface area contributed by atoms with E-state index in [4.69, 9.17) is 9.47 Å². The molecule has 0 atom stereocenters. The summed E-state index contributed by atoms with van der Waals surface area (Å²) in [6, 6.07) is 5.44. The highest BCUT2D eigenvalue weighted by molar-refractivity contribution is 7.89. The normalized spacial score (nSPS) is 13.8. The van der Waals surface area contributed by atoms with E-state index in [1.165, 1.54) is 12.4 Å². The second-order valence-corrected chi connectivity index (χ2v) is 7.03. The van der Waals surface area contributed by atoms with Crippen molar-refractivity contribution in [2.24, 2.45) is 0 Å². The molecule has 2 aromatic rings. The lowest BCUT2D eigenvalue weighted by Gasteiger charge is -2.06. The minimum absolute atomic E-state index is 0.109. The van der Waals surface area contributed by atoms with Gasteiger partial charge in [0.2, 0.25) is 16.8 Å². The number of rotatable bonds is 5. The van der Waals surface area contributed by atoms with E-state index >= 15 is 0 Å². The molecule has 1 N–H and O–H groups in total. The average Bonchev–Trinajstić information content (AvgIpc) is 3.13. The molecule has 0 saturated carbocycles. The summed E-state index contributed by atoms with van der Waals surface area (Å²) in [6.45, 7) is 4.23. The highest BCUT2D eigenvalue weighted by Gasteiger charge is 2.18. The third-order valence-electron chi connectivity index (χ3n) is 3.32. The van der Waals surface area contributed by atoms with Crippen LogP contribution in [0.4, 0.5) is 0 Å². The fourth-order valence-electron chi connectivity index (χ4n) is 2.05. The molecule has 22 heavy (non-hydrogen) atoms. The number of hydrogen-bond acceptors (Lipinski definition) is 5. The maximum Gasteiger partial charge on any atom is 0.243 e. The highest BCUT2D eigenvalue weighted by atomic mass is 32.2. The van der Waals surface area contributed by atoms with Crippen molar-refractivity contribution in [1.29, 1.82) is 0 Å². The van der Waals surface area contributed by atoms with Crippen LogP contribution in [0.15, 0.2) is 35.5 Å². The number of sulfonamides is 1. The van der Waals surface area contributed by atoms with Gasteiger partial charge in [-0.1, -0.05) is 6.07 Å². The summed E-state index contributed by atoms with van der Waals surface area (Å²) in [5.41, 5.74) is 0.795. The minimum Gasteiger partial charge on any atom is -0.454 e. The first-order valence-electron chi connectivity index (χ1n) is 6.88. The van der Waals surface area contributed by atoms with E-state index in [2.05, 4.69) is 9.82 Å². The van der Waals surface area contributed by atoms with Crippen LogP contribution in [0.3, 0.4) is 0 Å². The minimum atomic E-state index is -3.59. The van der Waals surface area contributed by atoms with Crippen LogP contribution in [-0.4, -0.2) is 25.0 Å². The smallest absolute Gasteiger partial charge is 0.243 e. The van der Waals surface area contributed by atoms with Crippen LogP contribution in [0.25, 0.3) is 0 Å². The summed E-state index contributed by atoms with van der Waals surface area (Å²) in [6.07, 6.45) is 2.87. The van der Waals surface area contributed by atoms with E-state index in [0.717, 1.165) is 5.56 Å². The van der Waals surface area contributed by atoms with E-state index in [9.17, 15) is 8.42 Å². The fourth-order valence-corrected chi connectivity index (χ4v) is 3.01. The molecular formula is C14H17N3O4S. The van der Waals surface area contributed by atoms with Crippen molar-refractivity contribution >= 4 is 10.0 Å². The molecule has 1 aromatic heterocycles. The zero-order valence-electron chi connectivity index (χ0n) is 12.3. The number of nitrogens with zero attached hydrogens (tertiary/aromatic N) is 2. The summed E-state index contributed by atoms with van der Waals surface area (Å²) >= 11 is 0. The van der Waals surface area contributed by atoms with Crippen molar-refractivity contribution in [3.05, 3.63) is 36.2 Å². The van der Waals surface area contributed by atoms with Crippen LogP contribution < -0.4 is 14.2 Å². The Labute approximate surface area is 128 Å². The summed E-state index contributed by atoms with van der Waals surface area (Å²) < 4.78 is 39.2. The van der Waals surface area contributed by atoms with E-state index < -0.39 is 10.0 Å². The molecule has 1 aromatic carbocycles. The highest BCUT2D eigenvalue weighted by Crippen LogP contribution is 2.32. The SMILES string of the molecule is CC(C)n1cc(S(=O)(=O)NCc2ccc3c(c2)OCO3)cn1. The van der Waals surface area contributed by atoms with Crippen LogP contribution >= 0.6 is 0 Å². The first kappa shape index (κ1) is 14.9. The van der Waals surface area contributed by atoms with Gasteiger partial charge in [0.25, 0.3) is 0 Å². The monoisotopic (exact) mass is 323 g/mol. The molecule has 118 valence electrons. The molecule has 0 aliphatic carbocycles. The third kappa shape index (κ3) is 2.93. The van der Waals surface area contributed by atoms with Gasteiger partial charge in [-0.25, -0.2) is 13.1 Å². The predicted octanol–water partition coefficient (Wildman–Crippen LogP) is 1.67. The first-order chi connectivity index (χ1) is 10.5. The summed E-state index contributed by atoms with van der Waals surface area (Å²) in [7, 11) is -3.59. The van der Waals surface area contributed by atoms with Crippen LogP contribution in [0, 0.1) is 0 Å². The number of fused-ring (bicyclic) bond motifs is 1. The molecule has 0 spiro atoms. The third-order valence-corrected chi connectivity index (χ3v) is 4.68. The van der Waals surface area contributed by atoms with Crippen molar-refractivity contribution in [2.45, 2.75) is 31.3 Å². The summed E-state index contributed by atoms with van der Waals surface area (Å²) in [5, 5.41) is 4.05. The van der Waals surface area contributed by atoms with Crippen LogP contribution in [0.5, 0.6) is 11.5 Å².